The van der Waals surface area contributed by atoms with Gasteiger partial charge in [-0.25, -0.2) is 4.98 Å². The highest BCUT2D eigenvalue weighted by Gasteiger charge is 2.17. The number of carbonyl (C=O) groups is 1. The third-order valence-electron chi connectivity index (χ3n) is 5.69. The largest absolute Gasteiger partial charge is 0.493 e. The van der Waals surface area contributed by atoms with E-state index in [1.807, 2.05) is 61.5 Å². The second kappa shape index (κ2) is 8.86. The van der Waals surface area contributed by atoms with E-state index < -0.39 is 5.97 Å². The minimum atomic E-state index is -0.803. The van der Waals surface area contributed by atoms with Crippen LogP contribution in [0.2, 0.25) is 0 Å². The number of ether oxygens (including phenoxy) is 3. The monoisotopic (exact) mass is 445 g/mol. The van der Waals surface area contributed by atoms with Gasteiger partial charge >= 0.3 is 5.97 Å². The molecule has 1 aliphatic rings. The Kier molecular flexibility index (Phi) is 5.60. The first-order valence-electron chi connectivity index (χ1n) is 10.8. The highest BCUT2D eigenvalue weighted by molar-refractivity contribution is 5.91. The fourth-order valence-corrected chi connectivity index (χ4v) is 4.00. The lowest BCUT2D eigenvalue weighted by Gasteiger charge is -2.11. The summed E-state index contributed by atoms with van der Waals surface area (Å²) in [7, 11) is 0. The summed E-state index contributed by atoms with van der Waals surface area (Å²) in [4.78, 5) is 15.6. The molecule has 2 heterocycles. The van der Waals surface area contributed by atoms with E-state index in [2.05, 4.69) is 4.98 Å². The smallest absolute Gasteiger partial charge is 0.303 e. The summed E-state index contributed by atoms with van der Waals surface area (Å²) >= 11 is 0. The fourth-order valence-electron chi connectivity index (χ4n) is 4.00. The van der Waals surface area contributed by atoms with Gasteiger partial charge in [-0.15, -0.1) is 0 Å². The second-order valence-electron chi connectivity index (χ2n) is 7.85. The number of hydrogen-bond acceptors (Lipinski definition) is 6. The average Bonchev–Trinajstić information content (AvgIpc) is 3.43. The second-order valence-corrected chi connectivity index (χ2v) is 7.85. The van der Waals surface area contributed by atoms with E-state index in [1.54, 1.807) is 0 Å². The number of rotatable bonds is 8. The highest BCUT2D eigenvalue weighted by Crippen LogP contribution is 2.36. The summed E-state index contributed by atoms with van der Waals surface area (Å²) in [6.45, 7) is 2.55. The van der Waals surface area contributed by atoms with E-state index in [0.717, 1.165) is 44.9 Å². The fraction of sp³-hybridized carbons (Fsp3) is 0.231. The normalized spacial score (nSPS) is 12.3. The first-order valence-corrected chi connectivity index (χ1v) is 10.8. The van der Waals surface area contributed by atoms with Crippen LogP contribution in [-0.2, 0) is 17.6 Å². The number of benzene rings is 3. The molecule has 33 heavy (non-hydrogen) atoms. The van der Waals surface area contributed by atoms with Crippen molar-refractivity contribution in [3.05, 3.63) is 71.6 Å². The molecule has 4 aromatic rings. The molecule has 1 N–H and O–H groups in total. The maximum atomic E-state index is 11.0. The number of oxazole rings is 1. The maximum absolute atomic E-state index is 11.0. The predicted molar refractivity (Wildman–Crippen MR) is 122 cm³/mol. The lowest BCUT2D eigenvalue weighted by atomic mass is 10.0. The number of carboxylic acids is 1. The van der Waals surface area contributed by atoms with Crippen LogP contribution in [0, 0.1) is 6.92 Å². The Morgan fingerprint density at radius 1 is 1.03 bits per heavy atom. The summed E-state index contributed by atoms with van der Waals surface area (Å²) in [5.74, 6) is 2.65. The van der Waals surface area contributed by atoms with Gasteiger partial charge in [-0.1, -0.05) is 30.3 Å². The average molecular weight is 445 g/mol. The van der Waals surface area contributed by atoms with E-state index in [1.165, 1.54) is 0 Å². The number of carboxylic acid groups (broad SMARTS) is 1. The Labute approximate surface area is 190 Å². The van der Waals surface area contributed by atoms with Gasteiger partial charge in [-0.05, 0) is 48.6 Å². The quantitative estimate of drug-likeness (QED) is 0.400. The number of aryl methyl sites for hydroxylation is 2. The molecule has 168 valence electrons. The van der Waals surface area contributed by atoms with Gasteiger partial charge in [-0.3, -0.25) is 4.79 Å². The molecular weight excluding hydrogens is 422 g/mol. The molecule has 0 fully saturated rings. The molecule has 0 spiro atoms. The first kappa shape index (κ1) is 20.9. The van der Waals surface area contributed by atoms with Gasteiger partial charge in [0, 0.05) is 23.8 Å². The summed E-state index contributed by atoms with van der Waals surface area (Å²) in [5.41, 5.74) is 2.67. The minimum Gasteiger partial charge on any atom is -0.493 e. The molecule has 0 saturated carbocycles. The summed E-state index contributed by atoms with van der Waals surface area (Å²) in [6.07, 6.45) is 1.17. The van der Waals surface area contributed by atoms with Gasteiger partial charge in [-0.2, -0.15) is 0 Å². The van der Waals surface area contributed by atoms with Gasteiger partial charge in [0.25, 0.3) is 0 Å². The molecule has 0 bridgehead atoms. The molecule has 0 saturated heterocycles. The van der Waals surface area contributed by atoms with Gasteiger partial charge in [0.2, 0.25) is 12.7 Å². The summed E-state index contributed by atoms with van der Waals surface area (Å²) in [5, 5.41) is 11.0. The Balaban J connectivity index is 1.29. The molecule has 0 aliphatic carbocycles. The van der Waals surface area contributed by atoms with E-state index in [4.69, 9.17) is 23.7 Å². The molecule has 0 amide bonds. The van der Waals surface area contributed by atoms with Crippen molar-refractivity contribution in [1.29, 1.82) is 0 Å². The number of fused-ring (bicyclic) bond motifs is 2. The van der Waals surface area contributed by atoms with Crippen LogP contribution in [0.25, 0.3) is 22.2 Å². The third-order valence-corrected chi connectivity index (χ3v) is 5.69. The van der Waals surface area contributed by atoms with Crippen LogP contribution in [0.3, 0.4) is 0 Å². The lowest BCUT2D eigenvalue weighted by molar-refractivity contribution is -0.136. The van der Waals surface area contributed by atoms with Crippen molar-refractivity contribution in [3.8, 4) is 28.7 Å². The highest BCUT2D eigenvalue weighted by atomic mass is 16.7. The Morgan fingerprint density at radius 2 is 1.85 bits per heavy atom. The van der Waals surface area contributed by atoms with Crippen LogP contribution in [-0.4, -0.2) is 29.5 Å². The molecule has 1 aliphatic heterocycles. The van der Waals surface area contributed by atoms with Gasteiger partial charge in [0.15, 0.2) is 11.5 Å². The van der Waals surface area contributed by atoms with E-state index in [0.29, 0.717) is 31.1 Å². The molecule has 1 aromatic heterocycles. The SMILES string of the molecule is Cc1oc(-c2ccc3c(c2)OCO3)nc1CCOc1cccc2c(CCC(=O)O)cccc12. The Hall–Kier alpha value is -4.00. The zero-order valence-electron chi connectivity index (χ0n) is 18.2. The van der Waals surface area contributed by atoms with Crippen LogP contribution in [0.4, 0.5) is 0 Å². The standard InChI is InChI=1S/C26H23NO6/c1-16-21(27-26(33-16)18-8-10-23-24(14-18)32-15-31-23)12-13-30-22-7-3-5-19-17(9-11-25(28)29)4-2-6-20(19)22/h2-8,10,14H,9,11-13,15H2,1H3,(H,28,29). The molecule has 5 rings (SSSR count). The van der Waals surface area contributed by atoms with Gasteiger partial charge in [0.05, 0.1) is 12.3 Å². The Bertz CT molecular complexity index is 1330. The zero-order valence-corrected chi connectivity index (χ0v) is 18.2. The molecule has 0 unspecified atom stereocenters. The predicted octanol–water partition coefficient (Wildman–Crippen LogP) is 5.17. The molecular formula is C26H23NO6. The van der Waals surface area contributed by atoms with Crippen molar-refractivity contribution in [3.63, 3.8) is 0 Å². The molecule has 3 aromatic carbocycles. The lowest BCUT2D eigenvalue weighted by Crippen LogP contribution is -2.03. The van der Waals surface area contributed by atoms with Crippen LogP contribution in [0.15, 0.2) is 59.0 Å². The van der Waals surface area contributed by atoms with E-state index in [9.17, 15) is 4.79 Å². The molecule has 7 heteroatoms. The topological polar surface area (TPSA) is 91.0 Å². The molecule has 0 atom stereocenters. The van der Waals surface area contributed by atoms with Gasteiger partial charge in [0.1, 0.15) is 11.5 Å². The summed E-state index contributed by atoms with van der Waals surface area (Å²) < 4.78 is 22.8. The number of aromatic nitrogens is 1. The van der Waals surface area contributed by atoms with Crippen LogP contribution in [0.5, 0.6) is 17.2 Å². The molecule has 7 nitrogen and oxygen atoms in total. The summed E-state index contributed by atoms with van der Waals surface area (Å²) in [6, 6.07) is 17.4. The van der Waals surface area contributed by atoms with Crippen LogP contribution >= 0.6 is 0 Å². The zero-order chi connectivity index (χ0) is 22.8. The van der Waals surface area contributed by atoms with E-state index in [-0.39, 0.29) is 13.2 Å². The first-order chi connectivity index (χ1) is 16.1. The van der Waals surface area contributed by atoms with Crippen molar-refractivity contribution in [2.45, 2.75) is 26.2 Å². The van der Waals surface area contributed by atoms with Crippen molar-refractivity contribution < 1.29 is 28.5 Å². The van der Waals surface area contributed by atoms with Crippen LogP contribution in [0.1, 0.15) is 23.4 Å². The van der Waals surface area contributed by atoms with E-state index >= 15 is 0 Å². The van der Waals surface area contributed by atoms with Crippen LogP contribution < -0.4 is 14.2 Å². The number of nitrogens with zero attached hydrogens (tertiary/aromatic N) is 1. The van der Waals surface area contributed by atoms with Crippen molar-refractivity contribution in [2.24, 2.45) is 0 Å². The molecule has 0 radical (unpaired) electrons. The number of aliphatic carboxylic acids is 1. The maximum Gasteiger partial charge on any atom is 0.303 e. The minimum absolute atomic E-state index is 0.0985. The Morgan fingerprint density at radius 3 is 2.73 bits per heavy atom. The van der Waals surface area contributed by atoms with Gasteiger partial charge < -0.3 is 23.7 Å². The number of hydrogen-bond donors (Lipinski definition) is 1. The van der Waals surface area contributed by atoms with Crippen molar-refractivity contribution in [2.75, 3.05) is 13.4 Å². The van der Waals surface area contributed by atoms with Crippen molar-refractivity contribution >= 4 is 16.7 Å². The van der Waals surface area contributed by atoms with Crippen molar-refractivity contribution in [1.82, 2.24) is 4.98 Å². The third kappa shape index (κ3) is 4.35.